The molecule has 0 heterocycles. The van der Waals surface area contributed by atoms with Gasteiger partial charge in [-0.1, -0.05) is 49.9 Å². The van der Waals surface area contributed by atoms with Crippen LogP contribution in [-0.2, 0) is 9.63 Å². The number of carbonyl (C=O) groups excluding carboxylic acids is 2. The lowest BCUT2D eigenvalue weighted by molar-refractivity contribution is -0.104. The summed E-state index contributed by atoms with van der Waals surface area (Å²) in [4.78, 5) is 33.2. The van der Waals surface area contributed by atoms with Gasteiger partial charge < -0.3 is 15.7 Å². The summed E-state index contributed by atoms with van der Waals surface area (Å²) < 4.78 is 0. The first-order valence-corrected chi connectivity index (χ1v) is 12.9. The van der Waals surface area contributed by atoms with Gasteiger partial charge in [0.05, 0.1) is 12.1 Å². The molecule has 0 fully saturated rings. The van der Waals surface area contributed by atoms with E-state index in [1.165, 1.54) is 6.08 Å². The van der Waals surface area contributed by atoms with E-state index in [9.17, 15) is 14.7 Å². The van der Waals surface area contributed by atoms with E-state index in [0.717, 1.165) is 40.8 Å². The standard InChI is InChI=1S/C31H44N4O4/c1-9-28(26-14-15-27(24(5)19-26)30(37)35-39-21-31(6,7)38)34-29(22(2)3)33-20-25(13-10-16-32-8)18-23(4)12-11-17-36/h9-15,17-19,23,32,38H,2,16,20-21H2,1,3-8H3,(H,33,34)(H,35,37)/b12-11-,13-10-,25-18+,28-9-. The number of aryl methyl sites for hydroxylation is 1. The molecule has 0 aliphatic carbocycles. The van der Waals surface area contributed by atoms with Crippen molar-refractivity contribution >= 4 is 23.7 Å². The molecule has 0 saturated carbocycles. The number of nitrogens with one attached hydrogen (secondary N) is 3. The predicted octanol–water partition coefficient (Wildman–Crippen LogP) is 4.45. The summed E-state index contributed by atoms with van der Waals surface area (Å²) in [5.41, 5.74) is 6.06. The number of hydrogen-bond donors (Lipinski definition) is 4. The summed E-state index contributed by atoms with van der Waals surface area (Å²) in [6.45, 7) is 16.1. The van der Waals surface area contributed by atoms with Gasteiger partial charge in [0.1, 0.15) is 18.7 Å². The van der Waals surface area contributed by atoms with Crippen molar-refractivity contribution in [3.05, 3.63) is 89.1 Å². The van der Waals surface area contributed by atoms with Crippen molar-refractivity contribution in [3.8, 4) is 0 Å². The second kappa shape index (κ2) is 17.1. The highest BCUT2D eigenvalue weighted by atomic mass is 16.7. The number of rotatable bonds is 15. The van der Waals surface area contributed by atoms with Gasteiger partial charge in [-0.15, -0.1) is 0 Å². The average Bonchev–Trinajstić information content (AvgIpc) is 2.86. The van der Waals surface area contributed by atoms with Crippen molar-refractivity contribution < 1.29 is 19.5 Å². The van der Waals surface area contributed by atoms with Gasteiger partial charge >= 0.3 is 0 Å². The van der Waals surface area contributed by atoms with E-state index in [-0.39, 0.29) is 18.4 Å². The number of likely N-dealkylation sites (N-methyl/N-ethyl adjacent to an activating group) is 1. The Morgan fingerprint density at radius 3 is 2.59 bits per heavy atom. The second-order valence-electron chi connectivity index (χ2n) is 9.92. The van der Waals surface area contributed by atoms with Crippen molar-refractivity contribution in [1.82, 2.24) is 16.1 Å². The van der Waals surface area contributed by atoms with Gasteiger partial charge in [0, 0.05) is 17.8 Å². The molecule has 8 nitrogen and oxygen atoms in total. The quantitative estimate of drug-likeness (QED) is 0.0658. The van der Waals surface area contributed by atoms with Gasteiger partial charge in [0.15, 0.2) is 0 Å². The first kappa shape index (κ1) is 33.4. The van der Waals surface area contributed by atoms with Gasteiger partial charge in [-0.2, -0.15) is 0 Å². The zero-order valence-corrected chi connectivity index (χ0v) is 24.3. The number of hydroxylamine groups is 1. The Morgan fingerprint density at radius 1 is 1.31 bits per heavy atom. The summed E-state index contributed by atoms with van der Waals surface area (Å²) in [6.07, 6.45) is 12.2. The highest BCUT2D eigenvalue weighted by Crippen LogP contribution is 2.18. The lowest BCUT2D eigenvalue weighted by Gasteiger charge is -2.18. The third-order valence-electron chi connectivity index (χ3n) is 5.36. The van der Waals surface area contributed by atoms with Crippen LogP contribution in [-0.4, -0.2) is 55.5 Å². The summed E-state index contributed by atoms with van der Waals surface area (Å²) in [6, 6.07) is 5.50. The molecular weight excluding hydrogens is 492 g/mol. The van der Waals surface area contributed by atoms with E-state index in [2.05, 4.69) is 28.8 Å². The van der Waals surface area contributed by atoms with E-state index in [1.54, 1.807) is 19.9 Å². The first-order chi connectivity index (χ1) is 18.4. The molecule has 0 saturated heterocycles. The molecule has 0 aliphatic heterocycles. The highest BCUT2D eigenvalue weighted by molar-refractivity contribution is 6.02. The number of nitrogens with zero attached hydrogens (tertiary/aromatic N) is 1. The van der Waals surface area contributed by atoms with Crippen LogP contribution in [0.15, 0.2) is 77.4 Å². The van der Waals surface area contributed by atoms with Crippen molar-refractivity contribution in [2.45, 2.75) is 47.1 Å². The topological polar surface area (TPSA) is 112 Å². The molecule has 1 aromatic rings. The molecule has 39 heavy (non-hydrogen) atoms. The Labute approximate surface area is 233 Å². The minimum absolute atomic E-state index is 0.0257. The average molecular weight is 537 g/mol. The molecule has 0 aromatic heterocycles. The van der Waals surface area contributed by atoms with Crippen molar-refractivity contribution in [2.24, 2.45) is 10.9 Å². The Morgan fingerprint density at radius 2 is 2.03 bits per heavy atom. The van der Waals surface area contributed by atoms with Crippen LogP contribution in [0.1, 0.15) is 56.1 Å². The van der Waals surface area contributed by atoms with Gasteiger partial charge in [0.2, 0.25) is 0 Å². The monoisotopic (exact) mass is 536 g/mol. The minimum Gasteiger partial charge on any atom is -0.388 e. The number of aliphatic hydroxyl groups is 1. The molecule has 0 radical (unpaired) electrons. The smallest absolute Gasteiger partial charge is 0.275 e. The molecule has 212 valence electrons. The van der Waals surface area contributed by atoms with Crippen molar-refractivity contribution in [2.75, 3.05) is 26.7 Å². The molecule has 1 rings (SSSR count). The van der Waals surface area contributed by atoms with Crippen LogP contribution in [0.25, 0.3) is 5.70 Å². The maximum atomic E-state index is 12.5. The fourth-order valence-electron chi connectivity index (χ4n) is 3.41. The van der Waals surface area contributed by atoms with E-state index >= 15 is 0 Å². The molecule has 1 atom stereocenters. The zero-order valence-electron chi connectivity index (χ0n) is 24.3. The Balaban J connectivity index is 3.12. The van der Waals surface area contributed by atoms with Crippen molar-refractivity contribution in [3.63, 3.8) is 0 Å². The van der Waals surface area contributed by atoms with Crippen LogP contribution in [0.5, 0.6) is 0 Å². The van der Waals surface area contributed by atoms with Crippen LogP contribution >= 0.6 is 0 Å². The first-order valence-electron chi connectivity index (χ1n) is 12.9. The third kappa shape index (κ3) is 13.2. The maximum Gasteiger partial charge on any atom is 0.275 e. The van der Waals surface area contributed by atoms with Crippen LogP contribution in [0.3, 0.4) is 0 Å². The third-order valence-corrected chi connectivity index (χ3v) is 5.36. The maximum absolute atomic E-state index is 12.5. The van der Waals surface area contributed by atoms with E-state index in [1.807, 2.05) is 71.2 Å². The number of allylic oxidation sites excluding steroid dienone is 4. The Hall–Kier alpha value is -3.59. The van der Waals surface area contributed by atoms with Gasteiger partial charge in [-0.05, 0) is 88.1 Å². The van der Waals surface area contributed by atoms with E-state index in [0.29, 0.717) is 17.9 Å². The summed E-state index contributed by atoms with van der Waals surface area (Å²) in [7, 11) is 1.88. The van der Waals surface area contributed by atoms with E-state index < -0.39 is 5.60 Å². The molecular formula is C31H44N4O4. The van der Waals surface area contributed by atoms with Crippen LogP contribution < -0.4 is 16.1 Å². The zero-order chi connectivity index (χ0) is 29.4. The molecule has 1 amide bonds. The molecule has 0 aliphatic rings. The van der Waals surface area contributed by atoms with Gasteiger partial charge in [0.25, 0.3) is 5.91 Å². The number of amidine groups is 1. The van der Waals surface area contributed by atoms with Crippen LogP contribution in [0.2, 0.25) is 0 Å². The van der Waals surface area contributed by atoms with Crippen molar-refractivity contribution in [1.29, 1.82) is 0 Å². The van der Waals surface area contributed by atoms with Gasteiger partial charge in [-0.25, -0.2) is 5.48 Å². The minimum atomic E-state index is -1.05. The van der Waals surface area contributed by atoms with Crippen LogP contribution in [0, 0.1) is 12.8 Å². The summed E-state index contributed by atoms with van der Waals surface area (Å²) in [5, 5.41) is 16.2. The fourth-order valence-corrected chi connectivity index (χ4v) is 3.41. The molecule has 0 spiro atoms. The Kier molecular flexibility index (Phi) is 14.7. The number of hydrogen-bond acceptors (Lipinski definition) is 6. The van der Waals surface area contributed by atoms with E-state index in [4.69, 9.17) is 9.83 Å². The normalized spacial score (nSPS) is 14.1. The largest absolute Gasteiger partial charge is 0.388 e. The number of benzene rings is 1. The molecule has 0 bridgehead atoms. The number of aliphatic imine (C=N–C) groups is 1. The predicted molar refractivity (Wildman–Crippen MR) is 160 cm³/mol. The number of carbonyl (C=O) groups is 2. The fraction of sp³-hybridized carbons (Fsp3) is 0.387. The lowest BCUT2D eigenvalue weighted by Crippen LogP contribution is -2.33. The SMILES string of the molecule is C=C(C)C(=NCC(/C=C\CNC)=C/C(C)/C=C\C=O)N/C(=C\C)c1ccc(C(=O)NOCC(C)(C)O)c(C)c1. The number of amides is 1. The van der Waals surface area contributed by atoms with Gasteiger partial charge in [-0.3, -0.25) is 19.4 Å². The molecule has 8 heteroatoms. The summed E-state index contributed by atoms with van der Waals surface area (Å²) >= 11 is 0. The number of aldehydes is 1. The second-order valence-corrected chi connectivity index (χ2v) is 9.92. The summed E-state index contributed by atoms with van der Waals surface area (Å²) in [5.74, 6) is 0.336. The Bertz CT molecular complexity index is 1140. The van der Waals surface area contributed by atoms with Crippen LogP contribution in [0.4, 0.5) is 0 Å². The highest BCUT2D eigenvalue weighted by Gasteiger charge is 2.16. The lowest BCUT2D eigenvalue weighted by atomic mass is 10.0. The molecule has 4 N–H and O–H groups in total. The molecule has 1 unspecified atom stereocenters. The molecule has 1 aromatic carbocycles.